The Balaban J connectivity index is 2.21. The van der Waals surface area contributed by atoms with Gasteiger partial charge in [0.05, 0.1) is 18.3 Å². The van der Waals surface area contributed by atoms with Crippen molar-refractivity contribution >= 4 is 5.82 Å². The monoisotopic (exact) mass is 235 g/mol. The van der Waals surface area contributed by atoms with Crippen LogP contribution in [0.25, 0.3) is 0 Å². The van der Waals surface area contributed by atoms with Gasteiger partial charge in [0, 0.05) is 13.1 Å². The van der Waals surface area contributed by atoms with Gasteiger partial charge < -0.3 is 15.7 Å². The molecule has 1 fully saturated rings. The van der Waals surface area contributed by atoms with Crippen LogP contribution in [0.4, 0.5) is 5.82 Å². The van der Waals surface area contributed by atoms with Crippen LogP contribution in [-0.2, 0) is 6.54 Å². The van der Waals surface area contributed by atoms with Gasteiger partial charge in [0.15, 0.2) is 0 Å². The van der Waals surface area contributed by atoms with Crippen molar-refractivity contribution in [2.24, 2.45) is 5.73 Å². The molecular weight excluding hydrogens is 214 g/mol. The number of anilines is 1. The molecule has 1 atom stereocenters. The average molecular weight is 235 g/mol. The fourth-order valence-electron chi connectivity index (χ4n) is 2.41. The van der Waals surface area contributed by atoms with Gasteiger partial charge in [-0.1, -0.05) is 18.9 Å². The number of aliphatic hydroxyl groups excluding tert-OH is 1. The molecule has 0 amide bonds. The van der Waals surface area contributed by atoms with Gasteiger partial charge in [0.25, 0.3) is 0 Å². The van der Waals surface area contributed by atoms with Crippen LogP contribution in [-0.4, -0.2) is 29.3 Å². The quantitative estimate of drug-likeness (QED) is 0.828. The van der Waals surface area contributed by atoms with E-state index in [1.54, 1.807) is 0 Å². The summed E-state index contributed by atoms with van der Waals surface area (Å²) in [5.41, 5.74) is 6.52. The average Bonchev–Trinajstić information content (AvgIpc) is 2.63. The molecule has 1 aliphatic heterocycles. The maximum atomic E-state index is 9.48. The van der Waals surface area contributed by atoms with Gasteiger partial charge in [-0.05, 0) is 25.0 Å². The molecule has 0 saturated carbocycles. The van der Waals surface area contributed by atoms with Crippen LogP contribution in [0, 0.1) is 0 Å². The second-order valence-electron chi connectivity index (χ2n) is 4.57. The zero-order chi connectivity index (χ0) is 12.1. The molecule has 0 aliphatic carbocycles. The van der Waals surface area contributed by atoms with Gasteiger partial charge in [-0.25, -0.2) is 4.98 Å². The maximum Gasteiger partial charge on any atom is 0.129 e. The van der Waals surface area contributed by atoms with E-state index in [0.29, 0.717) is 6.54 Å². The molecule has 1 aliphatic rings. The number of hydrogen-bond acceptors (Lipinski definition) is 4. The molecule has 1 unspecified atom stereocenters. The predicted molar refractivity (Wildman–Crippen MR) is 68.8 cm³/mol. The van der Waals surface area contributed by atoms with Crippen molar-refractivity contribution in [3.63, 3.8) is 0 Å². The van der Waals surface area contributed by atoms with Gasteiger partial charge in [-0.15, -0.1) is 0 Å². The summed E-state index contributed by atoms with van der Waals surface area (Å²) in [6.45, 7) is 1.65. The summed E-state index contributed by atoms with van der Waals surface area (Å²) in [4.78, 5) is 6.77. The van der Waals surface area contributed by atoms with Gasteiger partial charge >= 0.3 is 0 Å². The predicted octanol–water partition coefficient (Wildman–Crippen LogP) is 1.28. The van der Waals surface area contributed by atoms with Crippen molar-refractivity contribution in [2.45, 2.75) is 38.3 Å². The topological polar surface area (TPSA) is 62.4 Å². The van der Waals surface area contributed by atoms with Crippen LogP contribution in [0.15, 0.2) is 18.2 Å². The minimum Gasteiger partial charge on any atom is -0.394 e. The van der Waals surface area contributed by atoms with E-state index < -0.39 is 0 Å². The summed E-state index contributed by atoms with van der Waals surface area (Å²) in [5.74, 6) is 0.953. The fourth-order valence-corrected chi connectivity index (χ4v) is 2.41. The van der Waals surface area contributed by atoms with E-state index in [9.17, 15) is 5.11 Å². The van der Waals surface area contributed by atoms with Gasteiger partial charge in [0.1, 0.15) is 5.82 Å². The first-order chi connectivity index (χ1) is 8.35. The van der Waals surface area contributed by atoms with Gasteiger partial charge in [-0.3, -0.25) is 0 Å². The minimum atomic E-state index is 0.203. The molecule has 0 spiro atoms. The van der Waals surface area contributed by atoms with Crippen LogP contribution in [0.2, 0.25) is 0 Å². The van der Waals surface area contributed by atoms with Crippen molar-refractivity contribution in [3.05, 3.63) is 23.9 Å². The molecule has 1 aromatic heterocycles. The SMILES string of the molecule is NCc1cccc(N2CCCCCC2CO)n1. The Kier molecular flexibility index (Phi) is 4.34. The molecule has 94 valence electrons. The Morgan fingerprint density at radius 3 is 3.00 bits per heavy atom. The normalized spacial score (nSPS) is 21.3. The van der Waals surface area contributed by atoms with E-state index in [0.717, 1.165) is 24.5 Å². The maximum absolute atomic E-state index is 9.48. The Labute approximate surface area is 102 Å². The summed E-state index contributed by atoms with van der Waals surface area (Å²) in [6.07, 6.45) is 4.65. The zero-order valence-electron chi connectivity index (χ0n) is 10.2. The lowest BCUT2D eigenvalue weighted by atomic mass is 10.1. The van der Waals surface area contributed by atoms with E-state index >= 15 is 0 Å². The first kappa shape index (κ1) is 12.3. The Bertz CT molecular complexity index is 356. The third-order valence-corrected chi connectivity index (χ3v) is 3.38. The molecule has 1 aromatic rings. The fraction of sp³-hybridized carbons (Fsp3) is 0.615. The van der Waals surface area contributed by atoms with Crippen LogP contribution >= 0.6 is 0 Å². The smallest absolute Gasteiger partial charge is 0.129 e. The number of aromatic nitrogens is 1. The largest absolute Gasteiger partial charge is 0.394 e. The molecule has 2 heterocycles. The molecule has 0 radical (unpaired) electrons. The van der Waals surface area contributed by atoms with Gasteiger partial charge in [-0.2, -0.15) is 0 Å². The van der Waals surface area contributed by atoms with E-state index in [4.69, 9.17) is 5.73 Å². The highest BCUT2D eigenvalue weighted by molar-refractivity contribution is 5.40. The van der Waals surface area contributed by atoms with E-state index in [-0.39, 0.29) is 12.6 Å². The van der Waals surface area contributed by atoms with Crippen molar-refractivity contribution in [1.29, 1.82) is 0 Å². The minimum absolute atomic E-state index is 0.203. The number of nitrogens with two attached hydrogens (primary N) is 1. The molecular formula is C13H21N3O. The van der Waals surface area contributed by atoms with Gasteiger partial charge in [0.2, 0.25) is 0 Å². The van der Waals surface area contributed by atoms with Crippen molar-refractivity contribution in [1.82, 2.24) is 4.98 Å². The second-order valence-corrected chi connectivity index (χ2v) is 4.57. The summed E-state index contributed by atoms with van der Waals surface area (Å²) >= 11 is 0. The highest BCUT2D eigenvalue weighted by Gasteiger charge is 2.21. The summed E-state index contributed by atoms with van der Waals surface area (Å²) < 4.78 is 0. The Morgan fingerprint density at radius 1 is 1.35 bits per heavy atom. The highest BCUT2D eigenvalue weighted by atomic mass is 16.3. The third-order valence-electron chi connectivity index (χ3n) is 3.38. The molecule has 4 heteroatoms. The summed E-state index contributed by atoms with van der Waals surface area (Å²) in [7, 11) is 0. The standard InChI is InChI=1S/C13H21N3O/c14-9-11-5-4-7-13(15-11)16-8-3-1-2-6-12(16)10-17/h4-5,7,12,17H,1-3,6,8-10,14H2. The molecule has 0 aromatic carbocycles. The molecule has 1 saturated heterocycles. The number of rotatable bonds is 3. The number of nitrogens with zero attached hydrogens (tertiary/aromatic N) is 2. The third kappa shape index (κ3) is 2.96. The second kappa shape index (κ2) is 5.98. The lowest BCUT2D eigenvalue weighted by molar-refractivity contribution is 0.254. The van der Waals surface area contributed by atoms with E-state index in [2.05, 4.69) is 9.88 Å². The van der Waals surface area contributed by atoms with Crippen LogP contribution in [0.3, 0.4) is 0 Å². The van der Waals surface area contributed by atoms with Crippen LogP contribution in [0.5, 0.6) is 0 Å². The summed E-state index contributed by atoms with van der Waals surface area (Å²) in [6, 6.07) is 6.14. The molecule has 0 bridgehead atoms. The lowest BCUT2D eigenvalue weighted by Gasteiger charge is -2.29. The molecule has 3 N–H and O–H groups in total. The van der Waals surface area contributed by atoms with Crippen molar-refractivity contribution < 1.29 is 5.11 Å². The molecule has 2 rings (SSSR count). The van der Waals surface area contributed by atoms with Crippen molar-refractivity contribution in [3.8, 4) is 0 Å². The highest BCUT2D eigenvalue weighted by Crippen LogP contribution is 2.22. The Hall–Kier alpha value is -1.13. The first-order valence-corrected chi connectivity index (χ1v) is 6.38. The molecule has 4 nitrogen and oxygen atoms in total. The number of hydrogen-bond donors (Lipinski definition) is 2. The Morgan fingerprint density at radius 2 is 2.24 bits per heavy atom. The lowest BCUT2D eigenvalue weighted by Crippen LogP contribution is -2.38. The van der Waals surface area contributed by atoms with E-state index in [1.807, 2.05) is 18.2 Å². The van der Waals surface area contributed by atoms with Crippen LogP contribution in [0.1, 0.15) is 31.4 Å². The van der Waals surface area contributed by atoms with E-state index in [1.165, 1.54) is 19.3 Å². The zero-order valence-corrected chi connectivity index (χ0v) is 10.2. The molecule has 17 heavy (non-hydrogen) atoms. The number of pyridine rings is 1. The summed E-state index contributed by atoms with van der Waals surface area (Å²) in [5, 5.41) is 9.48. The van der Waals surface area contributed by atoms with Crippen LogP contribution < -0.4 is 10.6 Å². The van der Waals surface area contributed by atoms with Crippen molar-refractivity contribution in [2.75, 3.05) is 18.1 Å². The number of aliphatic hydroxyl groups is 1. The first-order valence-electron chi connectivity index (χ1n) is 6.38.